The minimum atomic E-state index is -1.18. The van der Waals surface area contributed by atoms with Gasteiger partial charge in [-0.1, -0.05) is 6.08 Å². The summed E-state index contributed by atoms with van der Waals surface area (Å²) in [6.07, 6.45) is 3.06. The molecule has 0 saturated carbocycles. The summed E-state index contributed by atoms with van der Waals surface area (Å²) in [5.74, 6) is 1.67. The molecule has 7 heteroatoms. The van der Waals surface area contributed by atoms with Crippen molar-refractivity contribution in [2.45, 2.75) is 5.15 Å². The minimum absolute atomic E-state index is 0.374. The van der Waals surface area contributed by atoms with Gasteiger partial charge in [-0.2, -0.15) is 0 Å². The van der Waals surface area contributed by atoms with Gasteiger partial charge in [0, 0.05) is 0 Å². The summed E-state index contributed by atoms with van der Waals surface area (Å²) in [7, 11) is -1.18. The van der Waals surface area contributed by atoms with Crippen molar-refractivity contribution in [1.82, 2.24) is 0 Å². The van der Waals surface area contributed by atoms with Crippen LogP contribution in [0.1, 0.15) is 0 Å². The number of hydrogen-bond donors (Lipinski definition) is 2. The Balaban J connectivity index is 2.57. The van der Waals surface area contributed by atoms with Crippen LogP contribution in [0.15, 0.2) is 17.1 Å². The van der Waals surface area contributed by atoms with Gasteiger partial charge in [-0.25, -0.2) is 4.79 Å². The molecule has 0 aromatic heterocycles. The smallest absolute Gasteiger partial charge is 0.265 e. The van der Waals surface area contributed by atoms with Crippen molar-refractivity contribution in [2.75, 3.05) is 0 Å². The molecule has 1 aliphatic heterocycles. The molecule has 12 heavy (non-hydrogen) atoms. The maximum atomic E-state index is 10.1. The fourth-order valence-electron chi connectivity index (χ4n) is 0.751. The topological polar surface area (TPSA) is 76.0 Å². The van der Waals surface area contributed by atoms with Crippen LogP contribution in [0, 0.1) is 0 Å². The molecule has 1 rings (SSSR count). The van der Waals surface area contributed by atoms with Crippen LogP contribution in [-0.2, 0) is 14.4 Å². The van der Waals surface area contributed by atoms with E-state index in [9.17, 15) is 4.79 Å². The monoisotopic (exact) mass is 188 g/mol. The van der Waals surface area contributed by atoms with E-state index in [0.717, 1.165) is 11.8 Å². The average molecular weight is 188 g/mol. The van der Waals surface area contributed by atoms with Crippen LogP contribution in [-0.4, -0.2) is 28.7 Å². The van der Waals surface area contributed by atoms with Gasteiger partial charge in [0.05, 0.1) is 10.1 Å². The highest BCUT2D eigenvalue weighted by molar-refractivity contribution is 8.05. The lowest BCUT2D eigenvalue weighted by atomic mass is 9.85. The Labute approximate surface area is 72.7 Å². The lowest BCUT2D eigenvalue weighted by Crippen LogP contribution is -2.30. The van der Waals surface area contributed by atoms with Gasteiger partial charge < -0.3 is 0 Å². The first-order valence-corrected chi connectivity index (χ1v) is 3.90. The number of allylic oxidation sites excluding steroid dienone is 1. The molecule has 0 aliphatic carbocycles. The second kappa shape index (κ2) is 4.47. The molecule has 1 atom stereocenters. The Morgan fingerprint density at radius 2 is 2.25 bits per heavy atom. The van der Waals surface area contributed by atoms with E-state index >= 15 is 0 Å². The van der Waals surface area contributed by atoms with E-state index in [1.54, 1.807) is 12.0 Å². The highest BCUT2D eigenvalue weighted by Gasteiger charge is 2.34. The average Bonchev–Trinajstić information content (AvgIpc) is 2.55. The van der Waals surface area contributed by atoms with Crippen LogP contribution in [0.4, 0.5) is 0 Å². The third kappa shape index (κ3) is 1.98. The molecule has 0 aromatic rings. The molecule has 1 aliphatic rings. The number of carbonyl (C=O) groups excluding carboxylic acids is 1. The predicted octanol–water partition coefficient (Wildman–Crippen LogP) is 0.380. The van der Waals surface area contributed by atoms with Gasteiger partial charge in [-0.3, -0.25) is 20.1 Å². The van der Waals surface area contributed by atoms with E-state index in [1.807, 2.05) is 0 Å². The Kier molecular flexibility index (Phi) is 3.55. The summed E-state index contributed by atoms with van der Waals surface area (Å²) < 4.78 is 0. The van der Waals surface area contributed by atoms with E-state index < -0.39 is 12.3 Å². The maximum absolute atomic E-state index is 10.1. The molecule has 1 heterocycles. The normalized spacial score (nSPS) is 21.2. The van der Waals surface area contributed by atoms with E-state index in [1.165, 1.54) is 6.08 Å². The fraction of sp³-hybridized carbons (Fsp3) is 0.200. The van der Waals surface area contributed by atoms with Crippen LogP contribution < -0.4 is 0 Å². The molecule has 0 amide bonds. The lowest BCUT2D eigenvalue weighted by Gasteiger charge is -2.08. The Hall–Kier alpha value is -0.555. The Morgan fingerprint density at radius 1 is 1.58 bits per heavy atom. The van der Waals surface area contributed by atoms with Crippen molar-refractivity contribution < 1.29 is 24.9 Å². The molecule has 0 spiro atoms. The van der Waals surface area contributed by atoms with Gasteiger partial charge in [-0.15, -0.1) is 11.8 Å². The number of thioether (sulfide) groups is 1. The van der Waals surface area contributed by atoms with Crippen molar-refractivity contribution in [1.29, 1.82) is 0 Å². The molecule has 0 saturated heterocycles. The molecule has 0 radical (unpaired) electrons. The third-order valence-electron chi connectivity index (χ3n) is 1.28. The zero-order valence-corrected chi connectivity index (χ0v) is 6.65. The molecule has 0 aromatic carbocycles. The Morgan fingerprint density at radius 3 is 2.67 bits per heavy atom. The standard InChI is InChI=1S/C5H5BO5S/c7-3-4-1-2-5(12-4)6(10-8)11-9/h1-2,5,8-9H. The first-order chi connectivity index (χ1) is 5.81. The van der Waals surface area contributed by atoms with Gasteiger partial charge in [0.2, 0.25) is 0 Å². The van der Waals surface area contributed by atoms with E-state index in [2.05, 4.69) is 9.61 Å². The molecule has 64 valence electrons. The van der Waals surface area contributed by atoms with Crippen LogP contribution >= 0.6 is 11.8 Å². The largest absolute Gasteiger partial charge is 0.537 e. The Bertz CT molecular complexity index is 232. The predicted molar refractivity (Wildman–Crippen MR) is 42.9 cm³/mol. The second-order valence-electron chi connectivity index (χ2n) is 1.99. The summed E-state index contributed by atoms with van der Waals surface area (Å²) >= 11 is 1.08. The van der Waals surface area contributed by atoms with Crippen molar-refractivity contribution in [3.63, 3.8) is 0 Å². The van der Waals surface area contributed by atoms with Crippen LogP contribution in [0.25, 0.3) is 0 Å². The number of rotatable bonds is 3. The van der Waals surface area contributed by atoms with Gasteiger partial charge in [-0.05, 0) is 6.08 Å². The highest BCUT2D eigenvalue weighted by Crippen LogP contribution is 2.30. The zero-order chi connectivity index (χ0) is 8.97. The van der Waals surface area contributed by atoms with Crippen LogP contribution in [0.3, 0.4) is 0 Å². The van der Waals surface area contributed by atoms with Crippen molar-refractivity contribution >= 4 is 24.8 Å². The molecule has 0 bridgehead atoms. The second-order valence-corrected chi connectivity index (χ2v) is 3.21. The van der Waals surface area contributed by atoms with Crippen LogP contribution in [0.2, 0.25) is 0 Å². The summed E-state index contributed by atoms with van der Waals surface area (Å²) in [6.45, 7) is 0. The first kappa shape index (κ1) is 9.53. The van der Waals surface area contributed by atoms with E-state index in [4.69, 9.17) is 10.5 Å². The third-order valence-corrected chi connectivity index (χ3v) is 2.40. The lowest BCUT2D eigenvalue weighted by molar-refractivity contribution is -0.225. The maximum Gasteiger partial charge on any atom is 0.537 e. The van der Waals surface area contributed by atoms with Crippen molar-refractivity contribution in [3.8, 4) is 0 Å². The summed E-state index contributed by atoms with van der Waals surface area (Å²) in [6, 6.07) is 0. The quantitative estimate of drug-likeness (QED) is 0.288. The summed E-state index contributed by atoms with van der Waals surface area (Å²) in [5, 5.41) is 16.0. The van der Waals surface area contributed by atoms with Crippen molar-refractivity contribution in [3.05, 3.63) is 17.1 Å². The summed E-state index contributed by atoms with van der Waals surface area (Å²) in [5.41, 5.74) is 0. The van der Waals surface area contributed by atoms with Gasteiger partial charge in [0.15, 0.2) is 0 Å². The molecule has 5 nitrogen and oxygen atoms in total. The molecular weight excluding hydrogens is 183 g/mol. The van der Waals surface area contributed by atoms with E-state index in [0.29, 0.717) is 4.91 Å². The molecule has 2 N–H and O–H groups in total. The number of hydrogen-bond acceptors (Lipinski definition) is 6. The molecule has 0 fully saturated rings. The van der Waals surface area contributed by atoms with Gasteiger partial charge >= 0.3 is 7.12 Å². The van der Waals surface area contributed by atoms with Gasteiger partial charge in [0.1, 0.15) is 5.94 Å². The first-order valence-electron chi connectivity index (χ1n) is 3.02. The van der Waals surface area contributed by atoms with Crippen molar-refractivity contribution in [2.24, 2.45) is 0 Å². The zero-order valence-electron chi connectivity index (χ0n) is 5.84. The molecule has 1 unspecified atom stereocenters. The van der Waals surface area contributed by atoms with E-state index in [-0.39, 0.29) is 0 Å². The fourth-order valence-corrected chi connectivity index (χ4v) is 1.62. The van der Waals surface area contributed by atoms with Gasteiger partial charge in [0.25, 0.3) is 0 Å². The van der Waals surface area contributed by atoms with Crippen LogP contribution in [0.5, 0.6) is 0 Å². The minimum Gasteiger partial charge on any atom is -0.265 e. The molecular formula is C5H5BO5S. The summed E-state index contributed by atoms with van der Waals surface area (Å²) in [4.78, 5) is 18.1. The SMILES string of the molecule is O=C=C1C=CC(B(OO)OO)S1. The highest BCUT2D eigenvalue weighted by atomic mass is 32.2.